The molecule has 0 saturated heterocycles. The Morgan fingerprint density at radius 1 is 0.679 bits per heavy atom. The monoisotopic (exact) mass is 364 g/mol. The number of hydrogen-bond donors (Lipinski definition) is 0. The van der Waals surface area contributed by atoms with Crippen molar-refractivity contribution in [3.63, 3.8) is 0 Å². The molecule has 0 atom stereocenters. The van der Waals surface area contributed by atoms with E-state index in [0.29, 0.717) is 5.56 Å². The zero-order chi connectivity index (χ0) is 19.1. The predicted octanol–water partition coefficient (Wildman–Crippen LogP) is 6.36. The van der Waals surface area contributed by atoms with Crippen LogP contribution in [0.4, 0.5) is 5.69 Å². The first-order valence-electron chi connectivity index (χ1n) is 9.05. The highest BCUT2D eigenvalue weighted by atomic mass is 16.6. The van der Waals surface area contributed by atoms with Crippen LogP contribution in [-0.4, -0.2) is 9.49 Å². The van der Waals surface area contributed by atoms with Crippen molar-refractivity contribution in [3.05, 3.63) is 107 Å². The van der Waals surface area contributed by atoms with Crippen molar-refractivity contribution >= 4 is 27.4 Å². The van der Waals surface area contributed by atoms with E-state index in [1.807, 2.05) is 91.1 Å². The highest BCUT2D eigenvalue weighted by Gasteiger charge is 2.20. The molecule has 4 heteroatoms. The molecule has 28 heavy (non-hydrogen) atoms. The first-order valence-corrected chi connectivity index (χ1v) is 9.05. The molecule has 0 unspecified atom stereocenters. The van der Waals surface area contributed by atoms with Crippen molar-refractivity contribution in [2.24, 2.45) is 0 Å². The third kappa shape index (κ3) is 2.55. The van der Waals surface area contributed by atoms with Gasteiger partial charge in [0.25, 0.3) is 5.69 Å². The number of benzene rings is 4. The van der Waals surface area contributed by atoms with Crippen LogP contribution in [0.2, 0.25) is 0 Å². The average molecular weight is 364 g/mol. The van der Waals surface area contributed by atoms with E-state index >= 15 is 0 Å². The highest BCUT2D eigenvalue weighted by Crippen LogP contribution is 2.38. The Labute approximate surface area is 161 Å². The van der Waals surface area contributed by atoms with Gasteiger partial charge < -0.3 is 4.57 Å². The summed E-state index contributed by atoms with van der Waals surface area (Å²) in [6, 6.07) is 29.3. The second kappa shape index (κ2) is 6.35. The van der Waals surface area contributed by atoms with Gasteiger partial charge in [-0.25, -0.2) is 0 Å². The van der Waals surface area contributed by atoms with Gasteiger partial charge in [-0.1, -0.05) is 60.7 Å². The summed E-state index contributed by atoms with van der Waals surface area (Å²) in [6.45, 7) is 0. The summed E-state index contributed by atoms with van der Waals surface area (Å²) in [5.74, 6) is 0. The molecule has 5 rings (SSSR count). The number of hydrogen-bond acceptors (Lipinski definition) is 2. The summed E-state index contributed by atoms with van der Waals surface area (Å²) in [6.07, 6.45) is 2.01. The zero-order valence-corrected chi connectivity index (χ0v) is 14.9. The molecule has 0 saturated carbocycles. The molecule has 0 aliphatic heterocycles. The summed E-state index contributed by atoms with van der Waals surface area (Å²) in [5.41, 5.74) is 3.58. The molecule has 0 fully saturated rings. The summed E-state index contributed by atoms with van der Waals surface area (Å²) in [7, 11) is 0. The fourth-order valence-electron chi connectivity index (χ4n) is 3.81. The summed E-state index contributed by atoms with van der Waals surface area (Å²) >= 11 is 0. The summed E-state index contributed by atoms with van der Waals surface area (Å²) in [5, 5.41) is 14.8. The van der Waals surface area contributed by atoms with Crippen LogP contribution in [-0.2, 0) is 0 Å². The van der Waals surface area contributed by atoms with Crippen molar-refractivity contribution in [3.8, 4) is 16.8 Å². The fourth-order valence-corrected chi connectivity index (χ4v) is 3.81. The van der Waals surface area contributed by atoms with E-state index in [9.17, 15) is 10.1 Å². The molecule has 1 heterocycles. The van der Waals surface area contributed by atoms with Crippen LogP contribution in [0.5, 0.6) is 0 Å². The normalized spacial score (nSPS) is 11.1. The quantitative estimate of drug-likeness (QED) is 0.276. The molecule has 1 aromatic heterocycles. The minimum absolute atomic E-state index is 0.118. The lowest BCUT2D eigenvalue weighted by Gasteiger charge is -2.12. The number of nitro groups is 1. The van der Waals surface area contributed by atoms with Crippen molar-refractivity contribution in [2.75, 3.05) is 0 Å². The fraction of sp³-hybridized carbons (Fsp3) is 0. The maximum absolute atomic E-state index is 11.9. The van der Waals surface area contributed by atoms with Crippen LogP contribution in [0.3, 0.4) is 0 Å². The minimum atomic E-state index is -0.295. The number of para-hydroxylation sites is 2. The van der Waals surface area contributed by atoms with Gasteiger partial charge in [-0.05, 0) is 35.0 Å². The van der Waals surface area contributed by atoms with Gasteiger partial charge in [0.15, 0.2) is 0 Å². The molecule has 0 spiro atoms. The highest BCUT2D eigenvalue weighted by molar-refractivity contribution is 6.01. The predicted molar refractivity (Wildman–Crippen MR) is 113 cm³/mol. The lowest BCUT2D eigenvalue weighted by atomic mass is 9.97. The van der Waals surface area contributed by atoms with E-state index in [1.165, 1.54) is 0 Å². The maximum atomic E-state index is 11.9. The Morgan fingerprint density at radius 2 is 1.36 bits per heavy atom. The first kappa shape index (κ1) is 16.3. The van der Waals surface area contributed by atoms with Gasteiger partial charge in [0.2, 0.25) is 0 Å². The first-order chi connectivity index (χ1) is 13.7. The molecule has 0 radical (unpaired) electrons. The van der Waals surface area contributed by atoms with Crippen LogP contribution in [0.15, 0.2) is 97.2 Å². The van der Waals surface area contributed by atoms with Crippen LogP contribution in [0, 0.1) is 10.1 Å². The van der Waals surface area contributed by atoms with Crippen LogP contribution >= 0.6 is 0 Å². The zero-order valence-electron chi connectivity index (χ0n) is 14.9. The summed E-state index contributed by atoms with van der Waals surface area (Å²) in [4.78, 5) is 11.6. The topological polar surface area (TPSA) is 48.1 Å². The van der Waals surface area contributed by atoms with Gasteiger partial charge in [-0.2, -0.15) is 0 Å². The van der Waals surface area contributed by atoms with Crippen molar-refractivity contribution < 1.29 is 4.92 Å². The van der Waals surface area contributed by atoms with Gasteiger partial charge in [-0.15, -0.1) is 0 Å². The molecule has 5 aromatic rings. The van der Waals surface area contributed by atoms with Gasteiger partial charge in [0, 0.05) is 28.9 Å². The van der Waals surface area contributed by atoms with E-state index in [2.05, 4.69) is 4.57 Å². The lowest BCUT2D eigenvalue weighted by molar-refractivity contribution is -0.384. The number of rotatable bonds is 3. The number of nitrogens with zero attached hydrogens (tertiary/aromatic N) is 2. The molecular weight excluding hydrogens is 348 g/mol. The van der Waals surface area contributed by atoms with E-state index in [0.717, 1.165) is 32.9 Å². The van der Waals surface area contributed by atoms with E-state index in [-0.39, 0.29) is 10.6 Å². The standard InChI is InChI=1S/C24H16N2O2/c27-26(28)23-16-19-8-5-4-7-18(19)15-22(23)21-12-6-9-17-13-14-25(24(17)21)20-10-2-1-3-11-20/h1-16H. The Bertz CT molecular complexity index is 1340. The molecular formula is C24H16N2O2. The molecule has 0 aliphatic carbocycles. The second-order valence-electron chi connectivity index (χ2n) is 6.74. The van der Waals surface area contributed by atoms with E-state index in [1.54, 1.807) is 6.07 Å². The molecule has 0 amide bonds. The van der Waals surface area contributed by atoms with Crippen LogP contribution < -0.4 is 0 Å². The average Bonchev–Trinajstić information content (AvgIpc) is 3.18. The number of aromatic nitrogens is 1. The van der Waals surface area contributed by atoms with Gasteiger partial charge in [0.05, 0.1) is 16.0 Å². The van der Waals surface area contributed by atoms with E-state index in [4.69, 9.17) is 0 Å². The molecule has 4 aromatic carbocycles. The summed E-state index contributed by atoms with van der Waals surface area (Å²) < 4.78 is 2.09. The Hall–Kier alpha value is -3.92. The smallest absolute Gasteiger partial charge is 0.277 e. The lowest BCUT2D eigenvalue weighted by Crippen LogP contribution is -1.96. The Kier molecular flexibility index (Phi) is 3.69. The van der Waals surface area contributed by atoms with Crippen LogP contribution in [0.1, 0.15) is 0 Å². The minimum Gasteiger partial charge on any atom is -0.316 e. The van der Waals surface area contributed by atoms with Crippen LogP contribution in [0.25, 0.3) is 38.5 Å². The second-order valence-corrected chi connectivity index (χ2v) is 6.74. The molecule has 0 aliphatic rings. The SMILES string of the molecule is O=[N+]([O-])c1cc2ccccc2cc1-c1cccc2ccn(-c3ccccc3)c12. The largest absolute Gasteiger partial charge is 0.316 e. The third-order valence-electron chi connectivity index (χ3n) is 5.10. The van der Waals surface area contributed by atoms with Crippen molar-refractivity contribution in [1.82, 2.24) is 4.57 Å². The molecule has 134 valence electrons. The third-order valence-corrected chi connectivity index (χ3v) is 5.10. The Morgan fingerprint density at radius 3 is 2.11 bits per heavy atom. The van der Waals surface area contributed by atoms with Crippen molar-refractivity contribution in [2.45, 2.75) is 0 Å². The van der Waals surface area contributed by atoms with Gasteiger partial charge in [-0.3, -0.25) is 10.1 Å². The van der Waals surface area contributed by atoms with Gasteiger partial charge in [0.1, 0.15) is 0 Å². The van der Waals surface area contributed by atoms with Gasteiger partial charge >= 0.3 is 0 Å². The number of nitro benzene ring substituents is 1. The molecule has 0 N–H and O–H groups in total. The molecule has 0 bridgehead atoms. The molecule has 4 nitrogen and oxygen atoms in total. The maximum Gasteiger partial charge on any atom is 0.277 e. The van der Waals surface area contributed by atoms with E-state index < -0.39 is 0 Å². The Balaban J connectivity index is 1.86. The van der Waals surface area contributed by atoms with Crippen molar-refractivity contribution in [1.29, 1.82) is 0 Å². The number of fused-ring (bicyclic) bond motifs is 2.